The molecule has 2 N–H and O–H groups in total. The van der Waals surface area contributed by atoms with Crippen LogP contribution in [0, 0.1) is 6.92 Å². The number of likely N-dealkylation sites (tertiary alicyclic amines) is 1. The second-order valence-electron chi connectivity index (χ2n) is 6.68. The maximum atomic E-state index is 5.99. The quantitative estimate of drug-likeness (QED) is 0.559. The highest BCUT2D eigenvalue weighted by Gasteiger charge is 2.24. The third-order valence-corrected chi connectivity index (χ3v) is 5.18. The molecular formula is C19H24N6O. The summed E-state index contributed by atoms with van der Waals surface area (Å²) in [5, 5.41) is 11.6. The number of rotatable bonds is 3. The number of nitrogens with one attached hydrogen (secondary N) is 2. The number of H-pyrrole nitrogens is 1. The molecule has 0 saturated carbocycles. The summed E-state index contributed by atoms with van der Waals surface area (Å²) in [5.74, 6) is 3.32. The Morgan fingerprint density at radius 2 is 2.15 bits per heavy atom. The van der Waals surface area contributed by atoms with E-state index in [1.165, 1.54) is 10.9 Å². The van der Waals surface area contributed by atoms with Gasteiger partial charge in [0.05, 0.1) is 6.54 Å². The van der Waals surface area contributed by atoms with Crippen LogP contribution in [0.15, 0.2) is 40.0 Å². The third kappa shape index (κ3) is 3.16. The fourth-order valence-corrected chi connectivity index (χ4v) is 3.66. The predicted octanol–water partition coefficient (Wildman–Crippen LogP) is 2.81. The van der Waals surface area contributed by atoms with E-state index in [0.717, 1.165) is 49.1 Å². The smallest absolute Gasteiger partial charge is 0.194 e. The lowest BCUT2D eigenvalue weighted by atomic mass is 9.96. The highest BCUT2D eigenvalue weighted by atomic mass is 16.3. The minimum Gasteiger partial charge on any atom is -0.459 e. The molecule has 0 spiro atoms. The van der Waals surface area contributed by atoms with Crippen LogP contribution in [-0.2, 0) is 6.54 Å². The van der Waals surface area contributed by atoms with E-state index in [0.29, 0.717) is 12.5 Å². The molecule has 136 valence electrons. The summed E-state index contributed by atoms with van der Waals surface area (Å²) in [7, 11) is 1.83. The monoisotopic (exact) mass is 352 g/mol. The van der Waals surface area contributed by atoms with Crippen LogP contribution in [0.2, 0.25) is 0 Å². The van der Waals surface area contributed by atoms with Crippen molar-refractivity contribution in [3.05, 3.63) is 47.7 Å². The second kappa shape index (κ2) is 7.19. The number of nitrogens with zero attached hydrogens (tertiary/aromatic N) is 4. The molecule has 1 aliphatic rings. The number of aromatic nitrogens is 3. The van der Waals surface area contributed by atoms with Gasteiger partial charge in [-0.2, -0.15) is 5.10 Å². The molecule has 1 aromatic carbocycles. The van der Waals surface area contributed by atoms with Crippen LogP contribution < -0.4 is 5.32 Å². The van der Waals surface area contributed by atoms with Crippen molar-refractivity contribution in [3.63, 3.8) is 0 Å². The molecule has 0 bridgehead atoms. The third-order valence-electron chi connectivity index (χ3n) is 5.18. The molecule has 3 aromatic rings. The molecule has 0 radical (unpaired) electrons. The van der Waals surface area contributed by atoms with E-state index >= 15 is 0 Å². The average Bonchev–Trinajstić information content (AvgIpc) is 3.32. The zero-order valence-corrected chi connectivity index (χ0v) is 15.2. The highest BCUT2D eigenvalue weighted by molar-refractivity contribution is 5.83. The summed E-state index contributed by atoms with van der Waals surface area (Å²) in [6.45, 7) is 4.64. The molecule has 1 aliphatic heterocycles. The summed E-state index contributed by atoms with van der Waals surface area (Å²) < 4.78 is 5.99. The zero-order valence-electron chi connectivity index (χ0n) is 15.2. The molecule has 7 nitrogen and oxygen atoms in total. The summed E-state index contributed by atoms with van der Waals surface area (Å²) in [4.78, 5) is 11.0. The Morgan fingerprint density at radius 1 is 1.35 bits per heavy atom. The summed E-state index contributed by atoms with van der Waals surface area (Å²) >= 11 is 0. The van der Waals surface area contributed by atoms with Gasteiger partial charge >= 0.3 is 0 Å². The normalized spacial score (nSPS) is 16.4. The molecule has 26 heavy (non-hydrogen) atoms. The molecule has 1 fully saturated rings. The van der Waals surface area contributed by atoms with E-state index in [-0.39, 0.29) is 0 Å². The Morgan fingerprint density at radius 3 is 2.85 bits per heavy atom. The number of para-hydroxylation sites is 1. The van der Waals surface area contributed by atoms with Crippen molar-refractivity contribution in [2.24, 2.45) is 4.99 Å². The first-order valence-electron chi connectivity index (χ1n) is 9.04. The number of aryl methyl sites for hydroxylation is 1. The van der Waals surface area contributed by atoms with Crippen LogP contribution in [0.25, 0.3) is 11.0 Å². The van der Waals surface area contributed by atoms with Crippen LogP contribution >= 0.6 is 0 Å². The van der Waals surface area contributed by atoms with E-state index in [1.54, 1.807) is 6.33 Å². The number of benzene rings is 1. The van der Waals surface area contributed by atoms with E-state index < -0.39 is 0 Å². The standard InChI is InChI=1S/C19H24N6O/c1-13-15-5-3-4-6-16(15)26-17(13)11-21-19(20-2)25-9-7-14(8-10-25)18-22-12-23-24-18/h3-6,12,14H,7-11H2,1-2H3,(H,20,21)(H,22,23,24). The van der Waals surface area contributed by atoms with E-state index in [9.17, 15) is 0 Å². The number of aromatic amines is 1. The lowest BCUT2D eigenvalue weighted by Crippen LogP contribution is -2.45. The second-order valence-corrected chi connectivity index (χ2v) is 6.68. The van der Waals surface area contributed by atoms with Crippen molar-refractivity contribution in [3.8, 4) is 0 Å². The average molecular weight is 352 g/mol. The lowest BCUT2D eigenvalue weighted by Gasteiger charge is -2.33. The van der Waals surface area contributed by atoms with Gasteiger partial charge in [0.2, 0.25) is 0 Å². The van der Waals surface area contributed by atoms with E-state index in [1.807, 2.05) is 25.2 Å². The van der Waals surface area contributed by atoms with Crippen molar-refractivity contribution in [1.29, 1.82) is 0 Å². The fourth-order valence-electron chi connectivity index (χ4n) is 3.66. The van der Waals surface area contributed by atoms with Crippen LogP contribution in [-0.4, -0.2) is 46.2 Å². The highest BCUT2D eigenvalue weighted by Crippen LogP contribution is 2.26. The first-order valence-corrected chi connectivity index (χ1v) is 9.04. The van der Waals surface area contributed by atoms with Gasteiger partial charge in [0, 0.05) is 37.0 Å². The SMILES string of the molecule is CN=C(NCc1oc2ccccc2c1C)N1CCC(c2ncn[nH]2)CC1. The Labute approximate surface area is 152 Å². The Balaban J connectivity index is 1.38. The number of aliphatic imine (C=N–C) groups is 1. The van der Waals surface area contributed by atoms with Crippen molar-refractivity contribution in [2.75, 3.05) is 20.1 Å². The summed E-state index contributed by atoms with van der Waals surface area (Å²) in [6.07, 6.45) is 3.66. The topological polar surface area (TPSA) is 82.3 Å². The summed E-state index contributed by atoms with van der Waals surface area (Å²) in [6, 6.07) is 8.15. The van der Waals surface area contributed by atoms with Crippen molar-refractivity contribution in [1.82, 2.24) is 25.4 Å². The van der Waals surface area contributed by atoms with Crippen molar-refractivity contribution >= 4 is 16.9 Å². The van der Waals surface area contributed by atoms with Gasteiger partial charge in [-0.3, -0.25) is 10.1 Å². The van der Waals surface area contributed by atoms with Crippen molar-refractivity contribution in [2.45, 2.75) is 32.2 Å². The Bertz CT molecular complexity index is 890. The molecule has 1 saturated heterocycles. The number of guanidine groups is 1. The number of furan rings is 1. The number of fused-ring (bicyclic) bond motifs is 1. The maximum absolute atomic E-state index is 5.99. The first-order chi connectivity index (χ1) is 12.8. The van der Waals surface area contributed by atoms with Crippen molar-refractivity contribution < 1.29 is 4.42 Å². The minimum atomic E-state index is 0.449. The van der Waals surface area contributed by atoms with E-state index in [2.05, 4.69) is 43.4 Å². The van der Waals surface area contributed by atoms with Gasteiger partial charge in [0.25, 0.3) is 0 Å². The van der Waals surface area contributed by atoms with Gasteiger partial charge < -0.3 is 14.6 Å². The minimum absolute atomic E-state index is 0.449. The summed E-state index contributed by atoms with van der Waals surface area (Å²) in [5.41, 5.74) is 2.12. The zero-order chi connectivity index (χ0) is 17.9. The van der Waals surface area contributed by atoms with E-state index in [4.69, 9.17) is 4.42 Å². The first kappa shape index (κ1) is 16.6. The van der Waals surface area contributed by atoms with Gasteiger partial charge in [-0.15, -0.1) is 0 Å². The Kier molecular flexibility index (Phi) is 4.60. The molecule has 0 atom stereocenters. The maximum Gasteiger partial charge on any atom is 0.194 e. The van der Waals surface area contributed by atoms with Crippen LogP contribution in [0.5, 0.6) is 0 Å². The van der Waals surface area contributed by atoms with Gasteiger partial charge in [-0.25, -0.2) is 4.98 Å². The number of hydrogen-bond acceptors (Lipinski definition) is 4. The Hall–Kier alpha value is -2.83. The molecule has 0 unspecified atom stereocenters. The molecule has 4 rings (SSSR count). The predicted molar refractivity (Wildman–Crippen MR) is 101 cm³/mol. The molecular weight excluding hydrogens is 328 g/mol. The van der Waals surface area contributed by atoms with Gasteiger partial charge in [-0.1, -0.05) is 18.2 Å². The fraction of sp³-hybridized carbons (Fsp3) is 0.421. The largest absolute Gasteiger partial charge is 0.459 e. The van der Waals surface area contributed by atoms with Gasteiger partial charge in [0.1, 0.15) is 23.5 Å². The van der Waals surface area contributed by atoms with Crippen LogP contribution in [0.3, 0.4) is 0 Å². The number of hydrogen-bond donors (Lipinski definition) is 2. The molecule has 3 heterocycles. The molecule has 7 heteroatoms. The lowest BCUT2D eigenvalue weighted by molar-refractivity contribution is 0.298. The molecule has 0 aliphatic carbocycles. The van der Waals surface area contributed by atoms with Crippen LogP contribution in [0.1, 0.15) is 35.9 Å². The van der Waals surface area contributed by atoms with Crippen LogP contribution in [0.4, 0.5) is 0 Å². The molecule has 0 amide bonds. The van der Waals surface area contributed by atoms with Gasteiger partial charge in [-0.05, 0) is 25.8 Å². The molecule has 2 aromatic heterocycles. The van der Waals surface area contributed by atoms with Gasteiger partial charge in [0.15, 0.2) is 5.96 Å². The number of piperidine rings is 1.